The number of nitrogens with zero attached hydrogens (tertiary/aromatic N) is 1. The average Bonchev–Trinajstić information content (AvgIpc) is 2.22. The molecular weight excluding hydrogens is 182 g/mol. The number of hydrogen-bond acceptors (Lipinski definition) is 1. The van der Waals surface area contributed by atoms with Gasteiger partial charge in [-0.1, -0.05) is 44.5 Å². The van der Waals surface area contributed by atoms with Gasteiger partial charge in [-0.2, -0.15) is 0 Å². The van der Waals surface area contributed by atoms with Gasteiger partial charge in [-0.25, -0.2) is 0 Å². The van der Waals surface area contributed by atoms with Gasteiger partial charge in [0.15, 0.2) is 0 Å². The molecule has 0 atom stereocenters. The van der Waals surface area contributed by atoms with Gasteiger partial charge in [-0.3, -0.25) is 0 Å². The van der Waals surface area contributed by atoms with E-state index in [1.54, 1.807) is 6.08 Å². The molecule has 0 spiro atoms. The van der Waals surface area contributed by atoms with Gasteiger partial charge in [0.1, 0.15) is 0 Å². The first-order chi connectivity index (χ1) is 7.15. The molecule has 15 heavy (non-hydrogen) atoms. The minimum atomic E-state index is 0.946. The smallest absolute Gasteiger partial charge is 0.0224 e. The van der Waals surface area contributed by atoms with Crippen LogP contribution in [-0.2, 0) is 0 Å². The summed E-state index contributed by atoms with van der Waals surface area (Å²) in [7, 11) is 0. The van der Waals surface area contributed by atoms with Crippen molar-refractivity contribution in [1.29, 1.82) is 0 Å². The van der Waals surface area contributed by atoms with Gasteiger partial charge in [0.25, 0.3) is 0 Å². The number of hydrogen-bond donors (Lipinski definition) is 0. The quantitative estimate of drug-likeness (QED) is 0.538. The third-order valence-electron chi connectivity index (χ3n) is 2.17. The van der Waals surface area contributed by atoms with Crippen LogP contribution in [0, 0.1) is 0 Å². The van der Waals surface area contributed by atoms with Crippen molar-refractivity contribution < 1.29 is 0 Å². The van der Waals surface area contributed by atoms with Crippen LogP contribution in [0.3, 0.4) is 0 Å². The third kappa shape index (κ3) is 5.74. The van der Waals surface area contributed by atoms with Gasteiger partial charge in [-0.15, -0.1) is 0 Å². The maximum Gasteiger partial charge on any atom is 0.0224 e. The van der Waals surface area contributed by atoms with Crippen LogP contribution < -0.4 is 0 Å². The van der Waals surface area contributed by atoms with Crippen molar-refractivity contribution in [1.82, 2.24) is 4.90 Å². The van der Waals surface area contributed by atoms with E-state index in [1.807, 2.05) is 25.3 Å². The van der Waals surface area contributed by atoms with Crippen LogP contribution >= 0.6 is 0 Å². The molecule has 0 heterocycles. The first-order valence-electron chi connectivity index (χ1n) is 5.14. The molecule has 0 saturated carbocycles. The molecule has 0 aromatic rings. The molecule has 0 aliphatic rings. The summed E-state index contributed by atoms with van der Waals surface area (Å²) in [6.07, 6.45) is 9.54. The van der Waals surface area contributed by atoms with Crippen LogP contribution in [0.5, 0.6) is 0 Å². The molecule has 0 rings (SSSR count). The zero-order valence-electron chi connectivity index (χ0n) is 9.71. The van der Waals surface area contributed by atoms with E-state index in [0.717, 1.165) is 25.1 Å². The van der Waals surface area contributed by atoms with Crippen molar-refractivity contribution in [3.8, 4) is 0 Å². The van der Waals surface area contributed by atoms with E-state index in [1.165, 1.54) is 5.57 Å². The number of rotatable bonds is 8. The largest absolute Gasteiger partial charge is 0.353 e. The van der Waals surface area contributed by atoms with Crippen LogP contribution in [0.2, 0.25) is 0 Å². The van der Waals surface area contributed by atoms with Crippen molar-refractivity contribution >= 4 is 0 Å². The van der Waals surface area contributed by atoms with E-state index < -0.39 is 0 Å². The van der Waals surface area contributed by atoms with Crippen LogP contribution in [0.1, 0.15) is 19.8 Å². The highest BCUT2D eigenvalue weighted by molar-refractivity contribution is 5.20. The average molecular weight is 203 g/mol. The highest BCUT2D eigenvalue weighted by Crippen LogP contribution is 2.09. The molecule has 82 valence electrons. The van der Waals surface area contributed by atoms with E-state index in [-0.39, 0.29) is 0 Å². The summed E-state index contributed by atoms with van der Waals surface area (Å²) < 4.78 is 0. The fourth-order valence-corrected chi connectivity index (χ4v) is 1.30. The fraction of sp³-hybridized carbons (Fsp3) is 0.286. The van der Waals surface area contributed by atoms with Gasteiger partial charge in [-0.05, 0) is 31.5 Å². The van der Waals surface area contributed by atoms with Gasteiger partial charge in [0.05, 0.1) is 0 Å². The Kier molecular flexibility index (Phi) is 7.08. The van der Waals surface area contributed by atoms with Gasteiger partial charge in [0, 0.05) is 12.2 Å². The van der Waals surface area contributed by atoms with Crippen molar-refractivity contribution in [3.63, 3.8) is 0 Å². The SMILES string of the molecule is C=C/C=C(\C=C)CCCN(C=C)C(=C)C. The minimum Gasteiger partial charge on any atom is -0.353 e. The van der Waals surface area contributed by atoms with Crippen molar-refractivity contribution in [2.45, 2.75) is 19.8 Å². The monoisotopic (exact) mass is 203 g/mol. The fourth-order valence-electron chi connectivity index (χ4n) is 1.30. The Balaban J connectivity index is 4.01. The maximum absolute atomic E-state index is 3.88. The molecule has 1 heteroatoms. The minimum absolute atomic E-state index is 0.946. The second-order valence-electron chi connectivity index (χ2n) is 3.40. The van der Waals surface area contributed by atoms with E-state index in [2.05, 4.69) is 31.2 Å². The van der Waals surface area contributed by atoms with Gasteiger partial charge < -0.3 is 4.90 Å². The molecule has 0 aliphatic carbocycles. The molecule has 0 aliphatic heterocycles. The molecule has 0 N–H and O–H groups in total. The zero-order chi connectivity index (χ0) is 11.7. The Morgan fingerprint density at radius 1 is 1.27 bits per heavy atom. The summed E-state index contributed by atoms with van der Waals surface area (Å²) in [6.45, 7) is 18.0. The Hall–Kier alpha value is -1.50. The second-order valence-corrected chi connectivity index (χ2v) is 3.40. The standard InChI is InChI=1S/C14H21N/c1-6-10-14(7-2)11-9-12-15(8-3)13(4)5/h6-8,10H,1-4,9,11-12H2,5H3/b14-10+. The first kappa shape index (κ1) is 13.5. The Labute approximate surface area is 93.8 Å². The summed E-state index contributed by atoms with van der Waals surface area (Å²) in [5, 5.41) is 0. The van der Waals surface area contributed by atoms with E-state index in [0.29, 0.717) is 0 Å². The van der Waals surface area contributed by atoms with E-state index in [4.69, 9.17) is 0 Å². The van der Waals surface area contributed by atoms with Gasteiger partial charge in [0.2, 0.25) is 0 Å². The van der Waals surface area contributed by atoms with Crippen molar-refractivity contribution in [2.75, 3.05) is 6.54 Å². The van der Waals surface area contributed by atoms with Crippen LogP contribution in [0.4, 0.5) is 0 Å². The zero-order valence-corrected chi connectivity index (χ0v) is 9.71. The molecule has 0 unspecified atom stereocenters. The lowest BCUT2D eigenvalue weighted by Crippen LogP contribution is -2.15. The predicted octanol–water partition coefficient (Wildman–Crippen LogP) is 4.04. The molecule has 0 amide bonds. The molecule has 0 radical (unpaired) electrons. The Morgan fingerprint density at radius 3 is 2.33 bits per heavy atom. The summed E-state index contributed by atoms with van der Waals surface area (Å²) in [4.78, 5) is 2.05. The number of allylic oxidation sites excluding steroid dienone is 5. The Morgan fingerprint density at radius 2 is 1.93 bits per heavy atom. The summed E-state index contributed by atoms with van der Waals surface area (Å²) in [5.74, 6) is 0. The van der Waals surface area contributed by atoms with Gasteiger partial charge >= 0.3 is 0 Å². The highest BCUT2D eigenvalue weighted by Gasteiger charge is 1.99. The maximum atomic E-state index is 3.88. The summed E-state index contributed by atoms with van der Waals surface area (Å²) >= 11 is 0. The molecule has 0 saturated heterocycles. The molecule has 0 aromatic carbocycles. The van der Waals surface area contributed by atoms with E-state index in [9.17, 15) is 0 Å². The molecule has 0 bridgehead atoms. The van der Waals surface area contributed by atoms with Crippen LogP contribution in [0.15, 0.2) is 62.0 Å². The molecular formula is C14H21N. The van der Waals surface area contributed by atoms with Crippen molar-refractivity contribution in [2.24, 2.45) is 0 Å². The first-order valence-corrected chi connectivity index (χ1v) is 5.14. The summed E-state index contributed by atoms with van der Waals surface area (Å²) in [6, 6.07) is 0. The summed E-state index contributed by atoms with van der Waals surface area (Å²) in [5.41, 5.74) is 2.24. The lowest BCUT2D eigenvalue weighted by Gasteiger charge is -2.19. The lowest BCUT2D eigenvalue weighted by atomic mass is 10.1. The Bertz CT molecular complexity index is 271. The van der Waals surface area contributed by atoms with Crippen molar-refractivity contribution in [3.05, 3.63) is 62.0 Å². The van der Waals surface area contributed by atoms with E-state index >= 15 is 0 Å². The van der Waals surface area contributed by atoms with Crippen LogP contribution in [0.25, 0.3) is 0 Å². The molecule has 1 nitrogen and oxygen atoms in total. The molecule has 0 fully saturated rings. The molecule has 0 aromatic heterocycles. The van der Waals surface area contributed by atoms with Crippen LogP contribution in [-0.4, -0.2) is 11.4 Å². The topological polar surface area (TPSA) is 3.24 Å². The highest BCUT2D eigenvalue weighted by atomic mass is 15.1. The second kappa shape index (κ2) is 7.86. The lowest BCUT2D eigenvalue weighted by molar-refractivity contribution is 0.456. The predicted molar refractivity (Wildman–Crippen MR) is 69.4 cm³/mol. The normalized spacial score (nSPS) is 10.6. The third-order valence-corrected chi connectivity index (χ3v) is 2.17.